The molecule has 0 spiro atoms. The van der Waals surface area contributed by atoms with Crippen LogP contribution >= 0.6 is 0 Å². The third kappa shape index (κ3) is 1.56. The lowest BCUT2D eigenvalue weighted by atomic mass is 10.0. The van der Waals surface area contributed by atoms with Gasteiger partial charge in [0.1, 0.15) is 0 Å². The Bertz CT molecular complexity index is 245. The van der Waals surface area contributed by atoms with Crippen LogP contribution in [0.5, 0.6) is 0 Å². The van der Waals surface area contributed by atoms with Gasteiger partial charge < -0.3 is 10.5 Å². The van der Waals surface area contributed by atoms with Crippen molar-refractivity contribution in [2.24, 2.45) is 5.73 Å². The first-order valence-electron chi connectivity index (χ1n) is 3.76. The molecule has 12 heavy (non-hydrogen) atoms. The van der Waals surface area contributed by atoms with Gasteiger partial charge in [-0.25, -0.2) is 4.39 Å². The van der Waals surface area contributed by atoms with Gasteiger partial charge in [-0.1, -0.05) is 19.2 Å². The molecule has 1 unspecified atom stereocenters. The van der Waals surface area contributed by atoms with Gasteiger partial charge in [-0.15, -0.1) is 0 Å². The van der Waals surface area contributed by atoms with Crippen molar-refractivity contribution in [3.05, 3.63) is 36.4 Å². The van der Waals surface area contributed by atoms with E-state index in [1.807, 2.05) is 0 Å². The fourth-order valence-electron chi connectivity index (χ4n) is 1.17. The zero-order chi connectivity index (χ0) is 9.14. The Balaban J connectivity index is 3.02. The number of ether oxygens (including phenoxy) is 1. The van der Waals surface area contributed by atoms with Gasteiger partial charge in [-0.05, 0) is 0 Å². The molecule has 3 heteroatoms. The average Bonchev–Trinajstić information content (AvgIpc) is 2.03. The molecule has 0 bridgehead atoms. The molecule has 0 amide bonds. The molecule has 66 valence electrons. The number of hydrogen-bond donors (Lipinski definition) is 1. The Labute approximate surface area is 71.2 Å². The number of rotatable bonds is 2. The van der Waals surface area contributed by atoms with Crippen LogP contribution in [-0.4, -0.2) is 12.6 Å². The summed E-state index contributed by atoms with van der Waals surface area (Å²) in [5, 5.41) is 0. The minimum Gasteiger partial charge on any atom is -0.490 e. The molecule has 0 fully saturated rings. The minimum absolute atomic E-state index is 0.156. The van der Waals surface area contributed by atoms with Crippen molar-refractivity contribution in [3.63, 3.8) is 0 Å². The van der Waals surface area contributed by atoms with E-state index in [1.54, 1.807) is 0 Å². The Morgan fingerprint density at radius 1 is 1.75 bits per heavy atom. The fourth-order valence-corrected chi connectivity index (χ4v) is 1.17. The molecule has 2 nitrogen and oxygen atoms in total. The summed E-state index contributed by atoms with van der Waals surface area (Å²) >= 11 is 0. The van der Waals surface area contributed by atoms with E-state index in [-0.39, 0.29) is 11.8 Å². The first kappa shape index (κ1) is 9.00. The van der Waals surface area contributed by atoms with Crippen molar-refractivity contribution in [3.8, 4) is 0 Å². The Hall–Kier alpha value is -1.09. The third-order valence-electron chi connectivity index (χ3n) is 1.80. The van der Waals surface area contributed by atoms with Gasteiger partial charge in [-0.2, -0.15) is 0 Å². The predicted octanol–water partition coefficient (Wildman–Crippen LogP) is 1.66. The quantitative estimate of drug-likeness (QED) is 0.682. The van der Waals surface area contributed by atoms with Crippen LogP contribution in [0, 0.1) is 0 Å². The minimum atomic E-state index is -0.583. The molecule has 1 heterocycles. The second kappa shape index (κ2) is 3.54. The molecule has 1 atom stereocenters. The Kier molecular flexibility index (Phi) is 2.65. The lowest BCUT2D eigenvalue weighted by molar-refractivity contribution is 0.179. The molecular formula is C9H12FNO. The summed E-state index contributed by atoms with van der Waals surface area (Å²) in [5.74, 6) is -0.427. The molecule has 1 rings (SSSR count). The molecule has 0 aromatic carbocycles. The van der Waals surface area contributed by atoms with E-state index in [1.165, 1.54) is 6.08 Å². The van der Waals surface area contributed by atoms with Gasteiger partial charge in [0.25, 0.3) is 0 Å². The van der Waals surface area contributed by atoms with Crippen molar-refractivity contribution < 1.29 is 9.13 Å². The molecule has 0 saturated carbocycles. The summed E-state index contributed by atoms with van der Waals surface area (Å²) < 4.78 is 17.8. The van der Waals surface area contributed by atoms with Crippen molar-refractivity contribution >= 4 is 0 Å². The van der Waals surface area contributed by atoms with Gasteiger partial charge in [0, 0.05) is 18.0 Å². The van der Waals surface area contributed by atoms with Gasteiger partial charge >= 0.3 is 0 Å². The number of halogens is 1. The highest BCUT2D eigenvalue weighted by Crippen LogP contribution is 2.24. The molecule has 1 aliphatic rings. The summed E-state index contributed by atoms with van der Waals surface area (Å²) in [5.41, 5.74) is 6.31. The summed E-state index contributed by atoms with van der Waals surface area (Å²) in [6.45, 7) is 7.14. The van der Waals surface area contributed by atoms with Crippen molar-refractivity contribution in [1.82, 2.24) is 0 Å². The van der Waals surface area contributed by atoms with E-state index < -0.39 is 5.83 Å². The van der Waals surface area contributed by atoms with Crippen LogP contribution < -0.4 is 5.73 Å². The largest absolute Gasteiger partial charge is 0.490 e. The van der Waals surface area contributed by atoms with Crippen LogP contribution in [-0.2, 0) is 4.74 Å². The Morgan fingerprint density at radius 3 is 2.83 bits per heavy atom. The number of nitrogens with two attached hydrogens (primary N) is 1. The van der Waals surface area contributed by atoms with Crippen molar-refractivity contribution in [1.29, 1.82) is 0 Å². The van der Waals surface area contributed by atoms with E-state index >= 15 is 0 Å². The van der Waals surface area contributed by atoms with Crippen LogP contribution in [0.25, 0.3) is 0 Å². The molecule has 0 saturated heterocycles. The van der Waals surface area contributed by atoms with Crippen molar-refractivity contribution in [2.75, 3.05) is 6.61 Å². The average molecular weight is 169 g/mol. The second-order valence-corrected chi connectivity index (χ2v) is 2.64. The first-order valence-corrected chi connectivity index (χ1v) is 3.76. The van der Waals surface area contributed by atoms with Gasteiger partial charge in [0.05, 0.1) is 6.61 Å². The molecule has 0 radical (unpaired) electrons. The lowest BCUT2D eigenvalue weighted by Gasteiger charge is -2.23. The zero-order valence-corrected chi connectivity index (χ0v) is 6.85. The van der Waals surface area contributed by atoms with Crippen LogP contribution in [0.3, 0.4) is 0 Å². The van der Waals surface area contributed by atoms with E-state index in [0.29, 0.717) is 18.6 Å². The molecule has 2 N–H and O–H groups in total. The number of allylic oxidation sites excluding steroid dienone is 1. The van der Waals surface area contributed by atoms with E-state index in [9.17, 15) is 4.39 Å². The molecule has 1 aliphatic heterocycles. The maximum Gasteiger partial charge on any atom is 0.159 e. The van der Waals surface area contributed by atoms with Gasteiger partial charge in [0.15, 0.2) is 11.6 Å². The van der Waals surface area contributed by atoms with Gasteiger partial charge in [0.2, 0.25) is 0 Å². The van der Waals surface area contributed by atoms with Gasteiger partial charge in [-0.3, -0.25) is 0 Å². The highest BCUT2D eigenvalue weighted by Gasteiger charge is 2.20. The lowest BCUT2D eigenvalue weighted by Crippen LogP contribution is -2.29. The van der Waals surface area contributed by atoms with Crippen LogP contribution in [0.4, 0.5) is 4.39 Å². The maximum atomic E-state index is 12.7. The van der Waals surface area contributed by atoms with E-state index in [2.05, 4.69) is 13.2 Å². The summed E-state index contributed by atoms with van der Waals surface area (Å²) in [7, 11) is 0. The first-order chi connectivity index (χ1) is 5.66. The number of hydrogen-bond acceptors (Lipinski definition) is 2. The monoisotopic (exact) mass is 169 g/mol. The fraction of sp³-hybridized carbons (Fsp3) is 0.333. The van der Waals surface area contributed by atoms with Crippen LogP contribution in [0.15, 0.2) is 36.4 Å². The topological polar surface area (TPSA) is 35.2 Å². The van der Waals surface area contributed by atoms with Crippen LogP contribution in [0.2, 0.25) is 0 Å². The molecule has 0 aromatic heterocycles. The smallest absolute Gasteiger partial charge is 0.159 e. The van der Waals surface area contributed by atoms with E-state index in [0.717, 1.165) is 0 Å². The Morgan fingerprint density at radius 2 is 2.42 bits per heavy atom. The zero-order valence-electron chi connectivity index (χ0n) is 6.85. The predicted molar refractivity (Wildman–Crippen MR) is 46.0 cm³/mol. The normalized spacial score (nSPS) is 23.3. The summed E-state index contributed by atoms with van der Waals surface area (Å²) in [6.07, 6.45) is 2.21. The molecular weight excluding hydrogens is 157 g/mol. The van der Waals surface area contributed by atoms with Crippen LogP contribution in [0.1, 0.15) is 6.42 Å². The highest BCUT2D eigenvalue weighted by molar-refractivity contribution is 5.35. The third-order valence-corrected chi connectivity index (χ3v) is 1.80. The standard InChI is InChI=1S/C9H12FNO/c1-3-7-8(11)4-5-12-9(7)6(2)10/h3,8H,1-2,4-5,11H2. The summed E-state index contributed by atoms with van der Waals surface area (Å²) in [6, 6.07) is -0.182. The molecule has 0 aliphatic carbocycles. The molecule has 0 aromatic rings. The maximum absolute atomic E-state index is 12.7. The second-order valence-electron chi connectivity index (χ2n) is 2.64. The van der Waals surface area contributed by atoms with Crippen molar-refractivity contribution in [2.45, 2.75) is 12.5 Å². The SMILES string of the molecule is C=CC1=C(C(=C)F)OCCC1N. The van der Waals surface area contributed by atoms with E-state index in [4.69, 9.17) is 10.5 Å². The summed E-state index contributed by atoms with van der Waals surface area (Å²) in [4.78, 5) is 0. The highest BCUT2D eigenvalue weighted by atomic mass is 19.1.